The predicted molar refractivity (Wildman–Crippen MR) is 44.3 cm³/mol. The van der Waals surface area contributed by atoms with E-state index in [4.69, 9.17) is 4.74 Å². The maximum Gasteiger partial charge on any atom is 0.309 e. The van der Waals surface area contributed by atoms with Gasteiger partial charge >= 0.3 is 5.97 Å². The van der Waals surface area contributed by atoms with Crippen molar-refractivity contribution in [3.8, 4) is 5.88 Å². The van der Waals surface area contributed by atoms with Gasteiger partial charge in [-0.3, -0.25) is 9.78 Å². The zero-order chi connectivity index (χ0) is 9.26. The van der Waals surface area contributed by atoms with Crippen LogP contribution in [0.4, 0.5) is 0 Å². The number of fused-ring (bicyclic) bond motifs is 1. The maximum absolute atomic E-state index is 10.6. The predicted octanol–water partition coefficient (Wildman–Crippen LogP) is 0.655. The Balaban J connectivity index is 2.44. The van der Waals surface area contributed by atoms with E-state index in [1.165, 1.54) is 6.92 Å². The molecule has 0 unspecified atom stereocenters. The van der Waals surface area contributed by atoms with Gasteiger partial charge in [-0.25, -0.2) is 0 Å². The smallest absolute Gasteiger partial charge is 0.309 e. The molecule has 0 N–H and O–H groups in total. The van der Waals surface area contributed by atoms with E-state index in [1.807, 2.05) is 0 Å². The standard InChI is InChI=1S/C8H7N3O2/c1-6(12)13-8-5-11-3-2-9-4-7(11)10-8/h2-5H,1H3. The molecule has 0 atom stereocenters. The lowest BCUT2D eigenvalue weighted by atomic mass is 10.7. The molecule has 0 spiro atoms. The third kappa shape index (κ3) is 1.48. The minimum Gasteiger partial charge on any atom is -0.406 e. The molecule has 5 nitrogen and oxygen atoms in total. The van der Waals surface area contributed by atoms with E-state index < -0.39 is 0 Å². The average Bonchev–Trinajstić information content (AvgIpc) is 2.44. The van der Waals surface area contributed by atoms with Crippen molar-refractivity contribution in [2.75, 3.05) is 0 Å². The Labute approximate surface area is 74.0 Å². The summed E-state index contributed by atoms with van der Waals surface area (Å²) in [4.78, 5) is 18.5. The maximum atomic E-state index is 10.6. The van der Waals surface area contributed by atoms with Crippen LogP contribution in [0.1, 0.15) is 6.92 Å². The minimum atomic E-state index is -0.378. The molecule has 0 amide bonds. The Hall–Kier alpha value is -1.91. The summed E-state index contributed by atoms with van der Waals surface area (Å²) in [6, 6.07) is 0. The summed E-state index contributed by atoms with van der Waals surface area (Å²) >= 11 is 0. The van der Waals surface area contributed by atoms with Crippen LogP contribution in [0.25, 0.3) is 5.65 Å². The Bertz CT molecular complexity index is 416. The van der Waals surface area contributed by atoms with Crippen LogP contribution in [-0.4, -0.2) is 20.3 Å². The highest BCUT2D eigenvalue weighted by Gasteiger charge is 2.03. The molecule has 0 radical (unpaired) electrons. The first-order chi connectivity index (χ1) is 6.25. The summed E-state index contributed by atoms with van der Waals surface area (Å²) in [7, 11) is 0. The van der Waals surface area contributed by atoms with Crippen LogP contribution in [-0.2, 0) is 4.79 Å². The number of hydrogen-bond donors (Lipinski definition) is 0. The van der Waals surface area contributed by atoms with Crippen molar-refractivity contribution in [3.63, 3.8) is 0 Å². The SMILES string of the molecule is CC(=O)Oc1cn2ccncc2n1. The Kier molecular flexibility index (Phi) is 1.70. The molecule has 2 aromatic heterocycles. The molecule has 0 aliphatic heterocycles. The van der Waals surface area contributed by atoms with Gasteiger partial charge in [0.15, 0.2) is 5.65 Å². The molecular formula is C8H7N3O2. The summed E-state index contributed by atoms with van der Waals surface area (Å²) in [5.74, 6) is -0.0862. The van der Waals surface area contributed by atoms with Crippen molar-refractivity contribution in [1.29, 1.82) is 0 Å². The summed E-state index contributed by atoms with van der Waals surface area (Å²) in [5, 5.41) is 0. The monoisotopic (exact) mass is 177 g/mol. The largest absolute Gasteiger partial charge is 0.406 e. The van der Waals surface area contributed by atoms with E-state index in [0.29, 0.717) is 11.5 Å². The van der Waals surface area contributed by atoms with Crippen LogP contribution >= 0.6 is 0 Å². The summed E-state index contributed by atoms with van der Waals surface area (Å²) in [6.45, 7) is 1.34. The molecule has 0 bridgehead atoms. The Morgan fingerprint density at radius 3 is 3.15 bits per heavy atom. The van der Waals surface area contributed by atoms with Gasteiger partial charge in [-0.15, -0.1) is 0 Å². The van der Waals surface area contributed by atoms with Gasteiger partial charge in [0.05, 0.1) is 12.4 Å². The molecule has 0 saturated carbocycles. The van der Waals surface area contributed by atoms with Gasteiger partial charge in [-0.2, -0.15) is 4.98 Å². The zero-order valence-electron chi connectivity index (χ0n) is 6.97. The van der Waals surface area contributed by atoms with Gasteiger partial charge in [0, 0.05) is 19.3 Å². The van der Waals surface area contributed by atoms with Crippen LogP contribution in [0.3, 0.4) is 0 Å². The van der Waals surface area contributed by atoms with E-state index >= 15 is 0 Å². The number of imidazole rings is 1. The van der Waals surface area contributed by atoms with E-state index in [2.05, 4.69) is 9.97 Å². The normalized spacial score (nSPS) is 10.2. The number of carbonyl (C=O) groups is 1. The average molecular weight is 177 g/mol. The second-order valence-electron chi connectivity index (χ2n) is 2.51. The van der Waals surface area contributed by atoms with Crippen LogP contribution in [0, 0.1) is 0 Å². The molecule has 13 heavy (non-hydrogen) atoms. The molecular weight excluding hydrogens is 170 g/mol. The van der Waals surface area contributed by atoms with E-state index in [0.717, 1.165) is 0 Å². The highest BCUT2D eigenvalue weighted by atomic mass is 16.5. The molecule has 0 fully saturated rings. The zero-order valence-corrected chi connectivity index (χ0v) is 6.97. The fourth-order valence-corrected chi connectivity index (χ4v) is 1.02. The van der Waals surface area contributed by atoms with Crippen LogP contribution in [0.15, 0.2) is 24.8 Å². The number of rotatable bonds is 1. The molecule has 2 heterocycles. The van der Waals surface area contributed by atoms with E-state index in [1.54, 1.807) is 29.2 Å². The fraction of sp³-hybridized carbons (Fsp3) is 0.125. The first-order valence-electron chi connectivity index (χ1n) is 3.73. The summed E-state index contributed by atoms with van der Waals surface area (Å²) < 4.78 is 6.53. The molecule has 5 heteroatoms. The van der Waals surface area contributed by atoms with E-state index in [9.17, 15) is 4.79 Å². The van der Waals surface area contributed by atoms with Crippen LogP contribution in [0.2, 0.25) is 0 Å². The highest BCUT2D eigenvalue weighted by molar-refractivity contribution is 5.68. The van der Waals surface area contributed by atoms with E-state index in [-0.39, 0.29) is 5.97 Å². The third-order valence-corrected chi connectivity index (χ3v) is 1.49. The molecule has 66 valence electrons. The van der Waals surface area contributed by atoms with Crippen LogP contribution in [0.5, 0.6) is 5.88 Å². The Morgan fingerprint density at radius 1 is 1.62 bits per heavy atom. The van der Waals surface area contributed by atoms with Gasteiger partial charge in [0.1, 0.15) is 0 Å². The molecule has 2 rings (SSSR count). The van der Waals surface area contributed by atoms with Gasteiger partial charge in [-0.05, 0) is 0 Å². The third-order valence-electron chi connectivity index (χ3n) is 1.49. The fourth-order valence-electron chi connectivity index (χ4n) is 1.02. The Morgan fingerprint density at radius 2 is 2.46 bits per heavy atom. The van der Waals surface area contributed by atoms with Gasteiger partial charge in [-0.1, -0.05) is 0 Å². The first-order valence-corrected chi connectivity index (χ1v) is 3.73. The highest BCUT2D eigenvalue weighted by Crippen LogP contribution is 2.10. The van der Waals surface area contributed by atoms with Crippen molar-refractivity contribution in [2.24, 2.45) is 0 Å². The molecule has 0 aliphatic rings. The second-order valence-corrected chi connectivity index (χ2v) is 2.51. The van der Waals surface area contributed by atoms with Gasteiger partial charge in [0.2, 0.25) is 5.88 Å². The number of nitrogens with zero attached hydrogens (tertiary/aromatic N) is 3. The molecule has 0 aliphatic carbocycles. The number of ether oxygens (including phenoxy) is 1. The first kappa shape index (κ1) is 7.72. The van der Waals surface area contributed by atoms with Crippen molar-refractivity contribution >= 4 is 11.6 Å². The minimum absolute atomic E-state index is 0.292. The van der Waals surface area contributed by atoms with Crippen molar-refractivity contribution < 1.29 is 9.53 Å². The lowest BCUT2D eigenvalue weighted by molar-refractivity contribution is -0.132. The quantitative estimate of drug-likeness (QED) is 0.600. The molecule has 0 aromatic carbocycles. The summed E-state index contributed by atoms with van der Waals surface area (Å²) in [5.41, 5.74) is 0.652. The van der Waals surface area contributed by atoms with Crippen LogP contribution < -0.4 is 4.74 Å². The molecule has 2 aromatic rings. The van der Waals surface area contributed by atoms with Crippen molar-refractivity contribution in [1.82, 2.24) is 14.4 Å². The molecule has 0 saturated heterocycles. The number of hydrogen-bond acceptors (Lipinski definition) is 4. The van der Waals surface area contributed by atoms with Crippen molar-refractivity contribution in [3.05, 3.63) is 24.8 Å². The number of esters is 1. The van der Waals surface area contributed by atoms with Gasteiger partial charge in [0.25, 0.3) is 0 Å². The topological polar surface area (TPSA) is 56.5 Å². The lowest BCUT2D eigenvalue weighted by Crippen LogP contribution is -2.00. The van der Waals surface area contributed by atoms with Gasteiger partial charge < -0.3 is 9.14 Å². The number of aromatic nitrogens is 3. The van der Waals surface area contributed by atoms with Crippen molar-refractivity contribution in [2.45, 2.75) is 6.92 Å². The summed E-state index contributed by atoms with van der Waals surface area (Å²) in [6.07, 6.45) is 6.58. The number of carbonyl (C=O) groups excluding carboxylic acids is 1. The second kappa shape index (κ2) is 2.85. The lowest BCUT2D eigenvalue weighted by Gasteiger charge is -1.90.